The lowest BCUT2D eigenvalue weighted by atomic mass is 10.1. The van der Waals surface area contributed by atoms with Gasteiger partial charge >= 0.3 is 11.9 Å². The lowest BCUT2D eigenvalue weighted by molar-refractivity contribution is -0.889. The lowest BCUT2D eigenvalue weighted by Gasteiger charge is -2.34. The van der Waals surface area contributed by atoms with Crippen molar-refractivity contribution in [1.29, 1.82) is 0 Å². The second-order valence-corrected chi connectivity index (χ2v) is 17.0. The van der Waals surface area contributed by atoms with E-state index in [1.807, 2.05) is 0 Å². The summed E-state index contributed by atoms with van der Waals surface area (Å²) in [6.07, 6.45) is 61.1. The number of nitrogens with zero attached hydrogens (tertiary/aromatic N) is 1. The average Bonchev–Trinajstić information content (AvgIpc) is 3.24. The normalized spacial score (nSPS) is 13.9. The molecule has 0 aromatic rings. The van der Waals surface area contributed by atoms with Crippen molar-refractivity contribution < 1.29 is 38.2 Å². The van der Waals surface area contributed by atoms with Crippen LogP contribution >= 0.6 is 0 Å². The summed E-state index contributed by atoms with van der Waals surface area (Å²) in [5.41, 5.74) is 0. The highest BCUT2D eigenvalue weighted by molar-refractivity contribution is 5.70. The number of esters is 2. The number of ether oxygens (including phenoxy) is 3. The standard InChI is InChI=1S/C55H89NO7/c1-6-8-10-12-14-16-18-20-22-24-26-27-28-30-31-33-35-37-39-41-43-45-53(57)62-50-51(49-61-48-47-52(55(59)60)56(3,4)5)63-54(58)46-44-42-40-38-36-34-32-29-25-23-21-19-17-15-13-11-9-7-2/h8,10,14,16,19-23,25-27,29-32,35,37,51-52H,6-7,9,11-13,15,17-18,24,28,33-34,36,38-50H2,1-5H3/b10-8+,16-14+,21-19+,22-20+,25-23+,27-26+,31-30+,32-29+,37-35+. The Morgan fingerprint density at radius 1 is 0.508 bits per heavy atom. The first kappa shape index (κ1) is 59.0. The van der Waals surface area contributed by atoms with Crippen molar-refractivity contribution in [1.82, 2.24) is 0 Å². The number of rotatable bonds is 42. The Labute approximate surface area is 385 Å². The second-order valence-electron chi connectivity index (χ2n) is 17.0. The average molecular weight is 876 g/mol. The number of hydrogen-bond donors (Lipinski definition) is 0. The molecule has 8 heteroatoms. The number of quaternary nitrogens is 1. The van der Waals surface area contributed by atoms with Crippen LogP contribution in [0.4, 0.5) is 0 Å². The molecule has 0 amide bonds. The van der Waals surface area contributed by atoms with Crippen LogP contribution in [0.2, 0.25) is 0 Å². The number of hydrogen-bond acceptors (Lipinski definition) is 7. The molecule has 8 nitrogen and oxygen atoms in total. The predicted molar refractivity (Wildman–Crippen MR) is 263 cm³/mol. The number of carbonyl (C=O) groups excluding carboxylic acids is 3. The fourth-order valence-electron chi connectivity index (χ4n) is 6.43. The van der Waals surface area contributed by atoms with Gasteiger partial charge in [0.2, 0.25) is 0 Å². The zero-order chi connectivity index (χ0) is 46.3. The maximum Gasteiger partial charge on any atom is 0.306 e. The molecule has 0 bridgehead atoms. The van der Waals surface area contributed by atoms with Crippen molar-refractivity contribution in [2.75, 3.05) is 41.0 Å². The molecule has 0 aromatic heterocycles. The van der Waals surface area contributed by atoms with Crippen LogP contribution in [0.1, 0.15) is 168 Å². The molecule has 0 aromatic carbocycles. The molecule has 0 heterocycles. The summed E-state index contributed by atoms with van der Waals surface area (Å²) >= 11 is 0. The molecule has 0 rings (SSSR count). The summed E-state index contributed by atoms with van der Waals surface area (Å²) in [5, 5.41) is 11.7. The summed E-state index contributed by atoms with van der Waals surface area (Å²) < 4.78 is 17.1. The molecule has 356 valence electrons. The Balaban J connectivity index is 4.44. The van der Waals surface area contributed by atoms with E-state index in [0.29, 0.717) is 6.42 Å². The monoisotopic (exact) mass is 876 g/mol. The smallest absolute Gasteiger partial charge is 0.306 e. The summed E-state index contributed by atoms with van der Waals surface area (Å²) in [6.45, 7) is 4.45. The van der Waals surface area contributed by atoms with Gasteiger partial charge in [0.1, 0.15) is 12.6 Å². The maximum absolute atomic E-state index is 12.8. The molecule has 0 fully saturated rings. The van der Waals surface area contributed by atoms with E-state index in [4.69, 9.17) is 14.2 Å². The third-order valence-electron chi connectivity index (χ3n) is 10.2. The first-order valence-electron chi connectivity index (χ1n) is 24.4. The van der Waals surface area contributed by atoms with E-state index in [2.05, 4.69) is 123 Å². The van der Waals surface area contributed by atoms with Crippen molar-refractivity contribution >= 4 is 17.9 Å². The van der Waals surface area contributed by atoms with Crippen molar-refractivity contribution in [2.24, 2.45) is 0 Å². The number of allylic oxidation sites excluding steroid dienone is 18. The van der Waals surface area contributed by atoms with Crippen LogP contribution in [0.25, 0.3) is 0 Å². The molecule has 0 saturated heterocycles. The number of aliphatic carboxylic acids is 1. The van der Waals surface area contributed by atoms with Gasteiger partial charge in [-0.25, -0.2) is 0 Å². The van der Waals surface area contributed by atoms with Crippen molar-refractivity contribution in [2.45, 2.75) is 180 Å². The molecule has 0 spiro atoms. The SMILES string of the molecule is CC/C=C/C/C=C/C/C=C/C/C=C/C/C=C/C/C=C/CCCCC(=O)OCC(COCCC(C(=O)[O-])[N+](C)(C)C)OC(=O)CCCCCCC/C=C/C=C/C=C/CCCCCCC. The minimum Gasteiger partial charge on any atom is -0.544 e. The minimum absolute atomic E-state index is 0.0106. The molecular weight excluding hydrogens is 787 g/mol. The highest BCUT2D eigenvalue weighted by Crippen LogP contribution is 2.12. The Kier molecular flexibility index (Phi) is 41.8. The Hall–Kier alpha value is -4.01. The van der Waals surface area contributed by atoms with E-state index in [9.17, 15) is 19.5 Å². The molecular formula is C55H89NO7. The van der Waals surface area contributed by atoms with Crippen molar-refractivity contribution in [3.8, 4) is 0 Å². The molecule has 0 aliphatic heterocycles. The highest BCUT2D eigenvalue weighted by atomic mass is 16.6. The zero-order valence-corrected chi connectivity index (χ0v) is 40.4. The molecule has 0 radical (unpaired) electrons. The van der Waals surface area contributed by atoms with Crippen LogP contribution in [0.3, 0.4) is 0 Å². The van der Waals surface area contributed by atoms with Gasteiger partial charge in [0.25, 0.3) is 0 Å². The van der Waals surface area contributed by atoms with E-state index in [1.165, 1.54) is 32.1 Å². The van der Waals surface area contributed by atoms with Gasteiger partial charge < -0.3 is 28.6 Å². The topological polar surface area (TPSA) is 102 Å². The third-order valence-corrected chi connectivity index (χ3v) is 10.2. The molecule has 63 heavy (non-hydrogen) atoms. The number of carbonyl (C=O) groups is 3. The van der Waals surface area contributed by atoms with Crippen LogP contribution in [0.5, 0.6) is 0 Å². The quantitative estimate of drug-likeness (QED) is 0.0198. The van der Waals surface area contributed by atoms with E-state index in [1.54, 1.807) is 21.1 Å². The van der Waals surface area contributed by atoms with Crippen LogP contribution < -0.4 is 5.11 Å². The van der Waals surface area contributed by atoms with E-state index >= 15 is 0 Å². The molecule has 2 unspecified atom stereocenters. The minimum atomic E-state index is -1.14. The van der Waals surface area contributed by atoms with E-state index < -0.39 is 18.1 Å². The second kappa shape index (κ2) is 44.6. The van der Waals surface area contributed by atoms with Gasteiger partial charge in [-0.15, -0.1) is 0 Å². The van der Waals surface area contributed by atoms with Gasteiger partial charge in [0, 0.05) is 19.3 Å². The number of carboxylic acids is 1. The fourth-order valence-corrected chi connectivity index (χ4v) is 6.43. The Bertz CT molecular complexity index is 1390. The summed E-state index contributed by atoms with van der Waals surface area (Å²) in [7, 11) is 5.38. The zero-order valence-electron chi connectivity index (χ0n) is 40.4. The van der Waals surface area contributed by atoms with Gasteiger partial charge in [-0.05, 0) is 89.9 Å². The molecule has 0 N–H and O–H groups in total. The number of unbranched alkanes of at least 4 members (excludes halogenated alkanes) is 12. The number of carboxylic acid groups (broad SMARTS) is 1. The van der Waals surface area contributed by atoms with Gasteiger partial charge in [0.05, 0.1) is 40.3 Å². The Morgan fingerprint density at radius 2 is 0.952 bits per heavy atom. The van der Waals surface area contributed by atoms with Gasteiger partial charge in [0.15, 0.2) is 6.10 Å². The van der Waals surface area contributed by atoms with E-state index in [0.717, 1.165) is 96.3 Å². The Morgan fingerprint density at radius 3 is 1.48 bits per heavy atom. The van der Waals surface area contributed by atoms with Crippen LogP contribution in [0.15, 0.2) is 109 Å². The van der Waals surface area contributed by atoms with Gasteiger partial charge in [-0.2, -0.15) is 0 Å². The van der Waals surface area contributed by atoms with Crippen molar-refractivity contribution in [3.63, 3.8) is 0 Å². The summed E-state index contributed by atoms with van der Waals surface area (Å²) in [4.78, 5) is 37.0. The lowest BCUT2D eigenvalue weighted by Crippen LogP contribution is -2.55. The summed E-state index contributed by atoms with van der Waals surface area (Å²) in [6, 6.07) is -0.744. The molecule has 0 aliphatic rings. The first-order chi connectivity index (χ1) is 30.6. The van der Waals surface area contributed by atoms with E-state index in [-0.39, 0.29) is 55.5 Å². The molecule has 2 atom stereocenters. The van der Waals surface area contributed by atoms with Gasteiger partial charge in [-0.1, -0.05) is 168 Å². The van der Waals surface area contributed by atoms with Crippen LogP contribution in [-0.4, -0.2) is 75.5 Å². The fraction of sp³-hybridized carbons (Fsp3) is 0.618. The highest BCUT2D eigenvalue weighted by Gasteiger charge is 2.25. The number of likely N-dealkylation sites (N-methyl/N-ethyl adjacent to an activating group) is 1. The van der Waals surface area contributed by atoms with Crippen LogP contribution in [0, 0.1) is 0 Å². The molecule has 0 aliphatic carbocycles. The first-order valence-corrected chi connectivity index (χ1v) is 24.4. The third kappa shape index (κ3) is 43.0. The van der Waals surface area contributed by atoms with Gasteiger partial charge in [-0.3, -0.25) is 9.59 Å². The maximum atomic E-state index is 12.8. The predicted octanol–water partition coefficient (Wildman–Crippen LogP) is 12.7. The molecule has 0 saturated carbocycles. The van der Waals surface area contributed by atoms with Crippen molar-refractivity contribution in [3.05, 3.63) is 109 Å². The van der Waals surface area contributed by atoms with Crippen LogP contribution in [-0.2, 0) is 28.6 Å². The summed E-state index contributed by atoms with van der Waals surface area (Å²) in [5.74, 6) is -1.83. The largest absolute Gasteiger partial charge is 0.544 e.